The number of nitrogens with zero attached hydrogens (tertiary/aromatic N) is 1. The van der Waals surface area contributed by atoms with Crippen LogP contribution < -0.4 is 4.90 Å². The summed E-state index contributed by atoms with van der Waals surface area (Å²) >= 11 is 0. The zero-order chi connectivity index (χ0) is 19.0. The number of hydrogen-bond donors (Lipinski definition) is 1. The number of quaternary nitrogens is 1. The molecule has 0 aromatic carbocycles. The van der Waals surface area contributed by atoms with Gasteiger partial charge in [-0.3, -0.25) is 9.59 Å². The highest BCUT2D eigenvalue weighted by atomic mass is 16.6. The van der Waals surface area contributed by atoms with Gasteiger partial charge in [-0.1, -0.05) is 20.3 Å². The fraction of sp³-hybridized carbons (Fsp3) is 0.905. The van der Waals surface area contributed by atoms with Gasteiger partial charge in [0.25, 0.3) is 0 Å². The van der Waals surface area contributed by atoms with Gasteiger partial charge in [-0.05, 0) is 25.2 Å². The van der Waals surface area contributed by atoms with Gasteiger partial charge in [0.15, 0.2) is 0 Å². The van der Waals surface area contributed by atoms with Gasteiger partial charge >= 0.3 is 5.97 Å². The third kappa shape index (κ3) is 2.45. The van der Waals surface area contributed by atoms with Crippen LogP contribution in [0.2, 0.25) is 0 Å². The Morgan fingerprint density at radius 1 is 1.33 bits per heavy atom. The Balaban J connectivity index is 1.32. The maximum atomic E-state index is 12.8. The molecule has 3 saturated heterocycles. The highest BCUT2D eigenvalue weighted by molar-refractivity contribution is 5.76. The van der Waals surface area contributed by atoms with Crippen LogP contribution in [0.15, 0.2) is 0 Å². The molecule has 1 N–H and O–H groups in total. The molecule has 3 aliphatic heterocycles. The van der Waals surface area contributed by atoms with E-state index in [1.807, 2.05) is 4.90 Å². The molecule has 0 radical (unpaired) electrons. The minimum absolute atomic E-state index is 0.00736. The van der Waals surface area contributed by atoms with Gasteiger partial charge in [-0.25, -0.2) is 0 Å². The van der Waals surface area contributed by atoms with Crippen molar-refractivity contribution in [1.29, 1.82) is 0 Å². The molecule has 0 aromatic rings. The predicted molar refractivity (Wildman–Crippen MR) is 98.0 cm³/mol. The van der Waals surface area contributed by atoms with Gasteiger partial charge in [-0.2, -0.15) is 0 Å². The number of epoxide rings is 1. The molecule has 2 saturated carbocycles. The van der Waals surface area contributed by atoms with Crippen LogP contribution in [-0.2, 0) is 19.1 Å². The Morgan fingerprint density at radius 2 is 2.07 bits per heavy atom. The number of hydrogen-bond acceptors (Lipinski definition) is 4. The fourth-order valence-electron chi connectivity index (χ4n) is 7.12. The van der Waals surface area contributed by atoms with Crippen LogP contribution in [0, 0.1) is 23.2 Å². The smallest absolute Gasteiger partial charge is 0.315 e. The molecule has 0 bridgehead atoms. The van der Waals surface area contributed by atoms with E-state index in [2.05, 4.69) is 13.8 Å². The zero-order valence-electron chi connectivity index (χ0n) is 16.8. The zero-order valence-corrected chi connectivity index (χ0v) is 16.8. The Labute approximate surface area is 161 Å². The molecular formula is C21H33N2O4+. The molecule has 0 unspecified atom stereocenters. The average Bonchev–Trinajstić information content (AvgIpc) is 3.31. The second-order valence-electron chi connectivity index (χ2n) is 10.0. The Kier molecular flexibility index (Phi) is 3.94. The first-order valence-corrected chi connectivity index (χ1v) is 10.8. The van der Waals surface area contributed by atoms with Crippen molar-refractivity contribution in [3.05, 3.63) is 0 Å². The first-order valence-electron chi connectivity index (χ1n) is 10.8. The van der Waals surface area contributed by atoms with E-state index in [9.17, 15) is 9.59 Å². The molecule has 3 heterocycles. The molecule has 5 fully saturated rings. The average molecular weight is 378 g/mol. The van der Waals surface area contributed by atoms with Crippen molar-refractivity contribution in [2.75, 3.05) is 32.7 Å². The lowest BCUT2D eigenvalue weighted by molar-refractivity contribution is -0.906. The summed E-state index contributed by atoms with van der Waals surface area (Å²) in [5.74, 6) is 0.902. The quantitative estimate of drug-likeness (QED) is 0.554. The van der Waals surface area contributed by atoms with Crippen molar-refractivity contribution in [3.63, 3.8) is 0 Å². The van der Waals surface area contributed by atoms with Crippen LogP contribution in [0.5, 0.6) is 0 Å². The standard InChI is InChI=1S/C21H32N2O4/c1-13-5-4-6-20(3)11-16-17(18-21(13,20)27-18)15(19(25)26-16)12-22-7-9-23(10-8-22)14(2)24/h13,15-18H,4-12H2,1-3H3/p+1/t13-,15+,16+,17+,18+,20+,21+/m0/s1. The maximum absolute atomic E-state index is 12.8. The maximum Gasteiger partial charge on any atom is 0.315 e. The molecule has 6 nitrogen and oxygen atoms in total. The van der Waals surface area contributed by atoms with Crippen molar-refractivity contribution in [3.8, 4) is 0 Å². The van der Waals surface area contributed by atoms with Crippen LogP contribution in [0.1, 0.15) is 46.5 Å². The molecule has 27 heavy (non-hydrogen) atoms. The number of ether oxygens (including phenoxy) is 2. The van der Waals surface area contributed by atoms with Gasteiger partial charge < -0.3 is 19.3 Å². The van der Waals surface area contributed by atoms with Crippen LogP contribution in [0.3, 0.4) is 0 Å². The first kappa shape index (κ1) is 17.9. The highest BCUT2D eigenvalue weighted by Crippen LogP contribution is 2.70. The minimum atomic E-state index is -0.0445. The molecule has 2 aliphatic carbocycles. The van der Waals surface area contributed by atoms with E-state index in [-0.39, 0.29) is 46.9 Å². The molecule has 5 aliphatic rings. The topological polar surface area (TPSA) is 63.6 Å². The summed E-state index contributed by atoms with van der Waals surface area (Å²) in [6.45, 7) is 10.6. The molecule has 0 aromatic heterocycles. The number of carbonyl (C=O) groups is 2. The number of carbonyl (C=O) groups excluding carboxylic acids is 2. The van der Waals surface area contributed by atoms with Gasteiger partial charge in [0.05, 0.1) is 38.8 Å². The molecule has 5 rings (SSSR count). The number of rotatable bonds is 2. The monoisotopic (exact) mass is 377 g/mol. The van der Waals surface area contributed by atoms with Gasteiger partial charge in [-0.15, -0.1) is 0 Å². The Bertz CT molecular complexity index is 661. The number of amides is 1. The lowest BCUT2D eigenvalue weighted by Crippen LogP contribution is -3.15. The minimum Gasteiger partial charge on any atom is -0.462 e. The molecule has 1 spiro atoms. The van der Waals surface area contributed by atoms with E-state index in [4.69, 9.17) is 9.47 Å². The lowest BCUT2D eigenvalue weighted by Gasteiger charge is -2.48. The van der Waals surface area contributed by atoms with E-state index in [0.717, 1.165) is 39.1 Å². The van der Waals surface area contributed by atoms with E-state index >= 15 is 0 Å². The number of piperazine rings is 1. The number of esters is 1. The predicted octanol–water partition coefficient (Wildman–Crippen LogP) is 0.259. The first-order chi connectivity index (χ1) is 12.9. The number of nitrogens with one attached hydrogen (secondary N) is 1. The summed E-state index contributed by atoms with van der Waals surface area (Å²) in [6, 6.07) is 0. The second-order valence-corrected chi connectivity index (χ2v) is 10.0. The molecule has 150 valence electrons. The highest BCUT2D eigenvalue weighted by Gasteiger charge is 2.78. The third-order valence-corrected chi connectivity index (χ3v) is 8.62. The summed E-state index contributed by atoms with van der Waals surface area (Å²) in [7, 11) is 0. The second kappa shape index (κ2) is 5.93. The lowest BCUT2D eigenvalue weighted by atomic mass is 9.53. The summed E-state index contributed by atoms with van der Waals surface area (Å²) in [5, 5.41) is 0. The molecule has 7 atom stereocenters. The van der Waals surface area contributed by atoms with E-state index in [1.54, 1.807) is 6.92 Å². The fourth-order valence-corrected chi connectivity index (χ4v) is 7.12. The molecule has 6 heteroatoms. The molecular weight excluding hydrogens is 344 g/mol. The van der Waals surface area contributed by atoms with Crippen LogP contribution in [-0.4, -0.2) is 67.3 Å². The van der Waals surface area contributed by atoms with Crippen molar-refractivity contribution in [2.24, 2.45) is 23.2 Å². The van der Waals surface area contributed by atoms with Crippen molar-refractivity contribution in [2.45, 2.75) is 64.3 Å². The van der Waals surface area contributed by atoms with Crippen LogP contribution in [0.25, 0.3) is 0 Å². The van der Waals surface area contributed by atoms with E-state index < -0.39 is 0 Å². The van der Waals surface area contributed by atoms with Crippen molar-refractivity contribution >= 4 is 11.9 Å². The summed E-state index contributed by atoms with van der Waals surface area (Å²) in [6.07, 6.45) is 4.89. The largest absolute Gasteiger partial charge is 0.462 e. The summed E-state index contributed by atoms with van der Waals surface area (Å²) < 4.78 is 12.4. The van der Waals surface area contributed by atoms with Gasteiger partial charge in [0.2, 0.25) is 5.91 Å². The normalized spacial score (nSPS) is 49.1. The third-order valence-electron chi connectivity index (χ3n) is 8.62. The SMILES string of the molecule is CC(=O)N1CC[NH+](C[C@H]2C(=O)O[C@@H]3C[C@@]4(C)CCC[C@H](C)[C@]45O[C@@H]5[C@@H]32)CC1. The summed E-state index contributed by atoms with van der Waals surface area (Å²) in [4.78, 5) is 27.7. The van der Waals surface area contributed by atoms with Gasteiger partial charge in [0.1, 0.15) is 17.6 Å². The number of fused-ring (bicyclic) bond motifs is 2. The van der Waals surface area contributed by atoms with Crippen LogP contribution >= 0.6 is 0 Å². The van der Waals surface area contributed by atoms with E-state index in [1.165, 1.54) is 24.2 Å². The Morgan fingerprint density at radius 3 is 2.78 bits per heavy atom. The van der Waals surface area contributed by atoms with Crippen LogP contribution in [0.4, 0.5) is 0 Å². The Hall–Kier alpha value is -1.14. The van der Waals surface area contributed by atoms with Gasteiger partial charge in [0, 0.05) is 18.3 Å². The summed E-state index contributed by atoms with van der Waals surface area (Å²) in [5.41, 5.74) is 0.146. The van der Waals surface area contributed by atoms with Crippen molar-refractivity contribution < 1.29 is 24.0 Å². The van der Waals surface area contributed by atoms with E-state index in [0.29, 0.717) is 5.92 Å². The van der Waals surface area contributed by atoms with Crippen molar-refractivity contribution in [1.82, 2.24) is 4.90 Å². The molecule has 1 amide bonds.